The molecule has 0 saturated carbocycles. The minimum atomic E-state index is -3.03. The fourth-order valence-corrected chi connectivity index (χ4v) is 1.76. The van der Waals surface area contributed by atoms with E-state index in [4.69, 9.17) is 4.52 Å². The number of hydrogen-bond acceptors (Lipinski definition) is 5. The Kier molecular flexibility index (Phi) is 4.33. The van der Waals surface area contributed by atoms with Crippen LogP contribution in [0.3, 0.4) is 0 Å². The zero-order valence-corrected chi connectivity index (χ0v) is 11.4. The maximum Gasteiger partial charge on any atom is 0.387 e. The van der Waals surface area contributed by atoms with E-state index in [2.05, 4.69) is 25.8 Å². The Morgan fingerprint density at radius 1 is 1.45 bits per heavy atom. The van der Waals surface area contributed by atoms with Gasteiger partial charge in [-0.3, -0.25) is 4.79 Å². The van der Waals surface area contributed by atoms with Gasteiger partial charge < -0.3 is 14.4 Å². The molecule has 0 radical (unpaired) electrons. The maximum absolute atomic E-state index is 12.1. The third-order valence-corrected chi connectivity index (χ3v) is 2.89. The van der Waals surface area contributed by atoms with Gasteiger partial charge in [-0.25, -0.2) is 0 Å². The number of halogens is 3. The lowest BCUT2D eigenvalue weighted by Crippen LogP contribution is -2.01. The third kappa shape index (κ3) is 3.13. The van der Waals surface area contributed by atoms with Crippen molar-refractivity contribution in [3.8, 4) is 22.8 Å². The highest BCUT2D eigenvalue weighted by atomic mass is 79.9. The van der Waals surface area contributed by atoms with Crippen LogP contribution in [-0.4, -0.2) is 28.0 Å². The van der Waals surface area contributed by atoms with Crippen molar-refractivity contribution in [1.29, 1.82) is 0 Å². The first-order valence-electron chi connectivity index (χ1n) is 5.35. The summed E-state index contributed by atoms with van der Waals surface area (Å²) < 4.78 is 33.1. The molecule has 1 aromatic heterocycles. The monoisotopic (exact) mass is 347 g/mol. The van der Waals surface area contributed by atoms with Crippen molar-refractivity contribution in [2.45, 2.75) is 6.61 Å². The summed E-state index contributed by atoms with van der Waals surface area (Å²) in [6.07, 6.45) is 0. The van der Waals surface area contributed by atoms with Crippen molar-refractivity contribution in [3.05, 3.63) is 30.0 Å². The second-order valence-electron chi connectivity index (χ2n) is 3.69. The Bertz CT molecular complexity index is 630. The molecule has 0 atom stereocenters. The average molecular weight is 348 g/mol. The largest absolute Gasteiger partial charge is 0.504 e. The number of Topliss-reactive ketones (excluding diaryl/α,β-unsaturated/α-hetero) is 1. The molecule has 1 N–H and O–H groups in total. The molecule has 2 aromatic rings. The molecular formula is C12H8BrF2NO4. The van der Waals surface area contributed by atoms with Crippen molar-refractivity contribution in [2.24, 2.45) is 0 Å². The second-order valence-corrected chi connectivity index (χ2v) is 4.25. The average Bonchev–Trinajstić information content (AvgIpc) is 2.89. The van der Waals surface area contributed by atoms with Crippen LogP contribution < -0.4 is 4.74 Å². The Hall–Kier alpha value is -1.96. The lowest BCUT2D eigenvalue weighted by Gasteiger charge is -2.07. The van der Waals surface area contributed by atoms with Crippen LogP contribution in [0.4, 0.5) is 8.78 Å². The normalized spacial score (nSPS) is 10.8. The Morgan fingerprint density at radius 3 is 2.80 bits per heavy atom. The second kappa shape index (κ2) is 6.00. The van der Waals surface area contributed by atoms with E-state index in [1.165, 1.54) is 24.3 Å². The van der Waals surface area contributed by atoms with E-state index in [1.54, 1.807) is 0 Å². The van der Waals surface area contributed by atoms with Crippen molar-refractivity contribution in [2.75, 3.05) is 5.33 Å². The van der Waals surface area contributed by atoms with Crippen LogP contribution in [0.5, 0.6) is 11.5 Å². The van der Waals surface area contributed by atoms with Crippen LogP contribution in [0, 0.1) is 0 Å². The van der Waals surface area contributed by atoms with Gasteiger partial charge in [-0.05, 0) is 18.2 Å². The number of ketones is 1. The van der Waals surface area contributed by atoms with Gasteiger partial charge in [0.05, 0.1) is 5.33 Å². The van der Waals surface area contributed by atoms with Crippen LogP contribution in [-0.2, 0) is 0 Å². The lowest BCUT2D eigenvalue weighted by molar-refractivity contribution is -0.0512. The minimum absolute atomic E-state index is 0.0595. The van der Waals surface area contributed by atoms with E-state index in [0.29, 0.717) is 11.3 Å². The number of phenols is 1. The SMILES string of the molecule is O=C(CBr)c1cc(-c2ccc(OC(F)F)c(O)c2)no1. The van der Waals surface area contributed by atoms with Gasteiger partial charge in [-0.2, -0.15) is 8.78 Å². The molecule has 0 amide bonds. The molecule has 106 valence electrons. The number of aromatic nitrogens is 1. The fourth-order valence-electron chi connectivity index (χ4n) is 1.48. The molecule has 8 heteroatoms. The molecule has 1 aromatic carbocycles. The van der Waals surface area contributed by atoms with Crippen molar-refractivity contribution >= 4 is 21.7 Å². The van der Waals surface area contributed by atoms with Gasteiger partial charge in [0.25, 0.3) is 0 Å². The summed E-state index contributed by atoms with van der Waals surface area (Å²) in [6, 6.07) is 5.18. The summed E-state index contributed by atoms with van der Waals surface area (Å²) in [5.41, 5.74) is 0.703. The van der Waals surface area contributed by atoms with Crippen LogP contribution >= 0.6 is 15.9 Å². The van der Waals surface area contributed by atoms with E-state index >= 15 is 0 Å². The number of ether oxygens (including phenoxy) is 1. The topological polar surface area (TPSA) is 72.6 Å². The first-order chi connectivity index (χ1) is 9.51. The highest BCUT2D eigenvalue weighted by Gasteiger charge is 2.15. The molecule has 0 aliphatic rings. The highest BCUT2D eigenvalue weighted by Crippen LogP contribution is 2.32. The quantitative estimate of drug-likeness (QED) is 0.664. The molecule has 0 unspecified atom stereocenters. The summed E-state index contributed by atoms with van der Waals surface area (Å²) in [5, 5.41) is 13.3. The number of aromatic hydroxyl groups is 1. The number of carbonyl (C=O) groups excluding carboxylic acids is 1. The Morgan fingerprint density at radius 2 is 2.20 bits per heavy atom. The predicted octanol–water partition coefficient (Wildman–Crippen LogP) is 3.23. The van der Waals surface area contributed by atoms with Crippen molar-refractivity contribution < 1.29 is 27.9 Å². The number of benzene rings is 1. The number of alkyl halides is 3. The molecule has 0 aliphatic carbocycles. The summed E-state index contributed by atoms with van der Waals surface area (Å²) >= 11 is 3.00. The lowest BCUT2D eigenvalue weighted by atomic mass is 10.1. The molecule has 0 aliphatic heterocycles. The highest BCUT2D eigenvalue weighted by molar-refractivity contribution is 9.09. The number of carbonyl (C=O) groups is 1. The molecule has 0 saturated heterocycles. The number of phenolic OH excluding ortho intramolecular Hbond substituents is 1. The van der Waals surface area contributed by atoms with Gasteiger partial charge in [0.2, 0.25) is 11.5 Å². The van der Waals surface area contributed by atoms with Gasteiger partial charge in [0.15, 0.2) is 11.5 Å². The first-order valence-corrected chi connectivity index (χ1v) is 6.47. The number of nitrogens with zero attached hydrogens (tertiary/aromatic N) is 1. The van der Waals surface area contributed by atoms with E-state index in [9.17, 15) is 18.7 Å². The zero-order chi connectivity index (χ0) is 14.7. The first kappa shape index (κ1) is 14.4. The number of rotatable bonds is 5. The molecule has 0 fully saturated rings. The molecule has 0 bridgehead atoms. The van der Waals surface area contributed by atoms with Crippen molar-refractivity contribution in [1.82, 2.24) is 5.16 Å². The summed E-state index contributed by atoms with van der Waals surface area (Å²) in [5.74, 6) is -1.03. The molecule has 1 heterocycles. The number of hydrogen-bond donors (Lipinski definition) is 1. The van der Waals surface area contributed by atoms with E-state index in [0.717, 1.165) is 0 Å². The Balaban J connectivity index is 2.27. The maximum atomic E-state index is 12.1. The predicted molar refractivity (Wildman–Crippen MR) is 68.4 cm³/mol. The summed E-state index contributed by atoms with van der Waals surface area (Å²) in [4.78, 5) is 11.4. The van der Waals surface area contributed by atoms with E-state index < -0.39 is 12.4 Å². The smallest absolute Gasteiger partial charge is 0.387 e. The molecule has 20 heavy (non-hydrogen) atoms. The van der Waals surface area contributed by atoms with Gasteiger partial charge in [0, 0.05) is 11.6 Å². The van der Waals surface area contributed by atoms with Gasteiger partial charge in [-0.15, -0.1) is 0 Å². The third-order valence-electron chi connectivity index (χ3n) is 2.38. The molecule has 2 rings (SSSR count). The van der Waals surface area contributed by atoms with Crippen LogP contribution in [0.1, 0.15) is 10.6 Å². The van der Waals surface area contributed by atoms with Crippen LogP contribution in [0.25, 0.3) is 11.3 Å². The molecule has 5 nitrogen and oxygen atoms in total. The summed E-state index contributed by atoms with van der Waals surface area (Å²) in [7, 11) is 0. The standard InChI is InChI=1S/C12H8BrF2NO4/c13-5-9(18)11-4-7(16-20-11)6-1-2-10(8(17)3-6)19-12(14)15/h1-4,12,17H,5H2. The summed E-state index contributed by atoms with van der Waals surface area (Å²) in [6.45, 7) is -3.03. The van der Waals surface area contributed by atoms with Gasteiger partial charge in [-0.1, -0.05) is 21.1 Å². The molecule has 0 spiro atoms. The van der Waals surface area contributed by atoms with Gasteiger partial charge >= 0.3 is 6.61 Å². The van der Waals surface area contributed by atoms with E-state index in [-0.39, 0.29) is 22.6 Å². The Labute approximate surface area is 120 Å². The minimum Gasteiger partial charge on any atom is -0.504 e. The van der Waals surface area contributed by atoms with Crippen LogP contribution in [0.2, 0.25) is 0 Å². The molecular weight excluding hydrogens is 340 g/mol. The van der Waals surface area contributed by atoms with E-state index in [1.807, 2.05) is 0 Å². The fraction of sp³-hybridized carbons (Fsp3) is 0.167. The zero-order valence-electron chi connectivity index (χ0n) is 9.85. The van der Waals surface area contributed by atoms with Gasteiger partial charge in [0.1, 0.15) is 5.69 Å². The van der Waals surface area contributed by atoms with Crippen LogP contribution in [0.15, 0.2) is 28.8 Å². The van der Waals surface area contributed by atoms with Crippen molar-refractivity contribution in [3.63, 3.8) is 0 Å².